The first-order chi connectivity index (χ1) is 10.1. The van der Waals surface area contributed by atoms with Crippen molar-refractivity contribution in [2.75, 3.05) is 34.4 Å². The van der Waals surface area contributed by atoms with Crippen LogP contribution in [0.2, 0.25) is 0 Å². The summed E-state index contributed by atoms with van der Waals surface area (Å²) in [6.45, 7) is 0.915. The van der Waals surface area contributed by atoms with E-state index in [-0.39, 0.29) is 12.5 Å². The fourth-order valence-corrected chi connectivity index (χ4v) is 2.06. The number of unbranched alkanes of at least 4 members (excludes halogenated alkanes) is 2. The topological polar surface area (TPSA) is 59.0 Å². The Kier molecular flexibility index (Phi) is 7.61. The van der Waals surface area contributed by atoms with Crippen LogP contribution in [0.25, 0.3) is 0 Å². The Morgan fingerprint density at radius 3 is 2.57 bits per heavy atom. The quantitative estimate of drug-likeness (QED) is 0.707. The molecule has 0 aromatic heterocycles. The van der Waals surface area contributed by atoms with Crippen LogP contribution in [0.3, 0.4) is 0 Å². The van der Waals surface area contributed by atoms with Crippen LogP contribution in [0.5, 0.6) is 11.5 Å². The molecule has 0 radical (unpaired) electrons. The first-order valence-corrected chi connectivity index (χ1v) is 7.18. The first-order valence-electron chi connectivity index (χ1n) is 7.18. The molecule has 0 spiro atoms. The van der Waals surface area contributed by atoms with Gasteiger partial charge in [0.05, 0.1) is 20.6 Å². The Bertz CT molecular complexity index is 448. The van der Waals surface area contributed by atoms with E-state index in [0.29, 0.717) is 24.5 Å². The highest BCUT2D eigenvalue weighted by Crippen LogP contribution is 2.25. The maximum atomic E-state index is 12.2. The Morgan fingerprint density at radius 1 is 1.19 bits per heavy atom. The van der Waals surface area contributed by atoms with Gasteiger partial charge in [-0.05, 0) is 25.3 Å². The molecule has 0 aliphatic carbocycles. The van der Waals surface area contributed by atoms with Gasteiger partial charge in [0.2, 0.25) is 5.91 Å². The number of aliphatic hydroxyl groups excluding tert-OH is 1. The molecule has 5 heteroatoms. The van der Waals surface area contributed by atoms with E-state index in [9.17, 15) is 4.79 Å². The van der Waals surface area contributed by atoms with Crippen molar-refractivity contribution >= 4 is 5.91 Å². The van der Waals surface area contributed by atoms with Crippen LogP contribution in [-0.4, -0.2) is 50.3 Å². The molecule has 0 atom stereocenters. The number of benzene rings is 1. The summed E-state index contributed by atoms with van der Waals surface area (Å²) in [5.74, 6) is 1.43. The van der Waals surface area contributed by atoms with E-state index in [2.05, 4.69) is 0 Å². The van der Waals surface area contributed by atoms with Gasteiger partial charge in [0.15, 0.2) is 0 Å². The van der Waals surface area contributed by atoms with Crippen LogP contribution >= 0.6 is 0 Å². The second-order valence-corrected chi connectivity index (χ2v) is 4.95. The number of likely N-dealkylation sites (N-methyl/N-ethyl adjacent to an activating group) is 1. The lowest BCUT2D eigenvalue weighted by atomic mass is 10.1. The lowest BCUT2D eigenvalue weighted by Gasteiger charge is -2.18. The molecule has 0 aliphatic rings. The molecule has 0 aliphatic heterocycles. The molecule has 21 heavy (non-hydrogen) atoms. The lowest BCUT2D eigenvalue weighted by Crippen LogP contribution is -2.29. The van der Waals surface area contributed by atoms with Gasteiger partial charge >= 0.3 is 0 Å². The van der Waals surface area contributed by atoms with Crippen molar-refractivity contribution in [3.63, 3.8) is 0 Å². The molecule has 0 saturated carbocycles. The molecular formula is C16H25NO4. The zero-order chi connectivity index (χ0) is 15.7. The van der Waals surface area contributed by atoms with Gasteiger partial charge in [-0.25, -0.2) is 0 Å². The molecule has 0 fully saturated rings. The van der Waals surface area contributed by atoms with Gasteiger partial charge < -0.3 is 19.5 Å². The predicted molar refractivity (Wildman–Crippen MR) is 81.8 cm³/mol. The molecule has 1 aromatic rings. The maximum absolute atomic E-state index is 12.2. The number of hydrogen-bond donors (Lipinski definition) is 1. The summed E-state index contributed by atoms with van der Waals surface area (Å²) < 4.78 is 10.4. The van der Waals surface area contributed by atoms with Crippen molar-refractivity contribution in [1.82, 2.24) is 4.90 Å². The number of carbonyl (C=O) groups is 1. The van der Waals surface area contributed by atoms with E-state index in [1.807, 2.05) is 12.1 Å². The fraction of sp³-hybridized carbons (Fsp3) is 0.562. The number of amides is 1. The summed E-state index contributed by atoms with van der Waals surface area (Å²) in [5.41, 5.74) is 0.852. The maximum Gasteiger partial charge on any atom is 0.226 e. The van der Waals surface area contributed by atoms with Crippen LogP contribution in [0.1, 0.15) is 24.8 Å². The van der Waals surface area contributed by atoms with Gasteiger partial charge in [0.25, 0.3) is 0 Å². The standard InChI is InChI=1S/C16H25NO4/c1-17(9-5-4-6-10-18)16(19)11-13-7-8-14(20-2)12-15(13)21-3/h7-8,12,18H,4-6,9-11H2,1-3H3. The summed E-state index contributed by atoms with van der Waals surface area (Å²) in [7, 11) is 4.98. The molecule has 0 heterocycles. The molecule has 1 N–H and O–H groups in total. The van der Waals surface area contributed by atoms with E-state index in [0.717, 1.165) is 24.8 Å². The van der Waals surface area contributed by atoms with Crippen LogP contribution in [0.4, 0.5) is 0 Å². The molecule has 0 unspecified atom stereocenters. The van der Waals surface area contributed by atoms with Crippen molar-refractivity contribution < 1.29 is 19.4 Å². The third kappa shape index (κ3) is 5.63. The molecule has 1 amide bonds. The first kappa shape index (κ1) is 17.3. The molecule has 5 nitrogen and oxygen atoms in total. The second-order valence-electron chi connectivity index (χ2n) is 4.95. The summed E-state index contributed by atoms with van der Waals surface area (Å²) in [4.78, 5) is 13.9. The third-order valence-electron chi connectivity index (χ3n) is 3.41. The summed E-state index contributed by atoms with van der Waals surface area (Å²) in [5, 5.41) is 8.73. The highest BCUT2D eigenvalue weighted by molar-refractivity contribution is 5.79. The van der Waals surface area contributed by atoms with Crippen molar-refractivity contribution in [3.05, 3.63) is 23.8 Å². The van der Waals surface area contributed by atoms with E-state index in [4.69, 9.17) is 14.6 Å². The van der Waals surface area contributed by atoms with E-state index in [1.165, 1.54) is 0 Å². The number of methoxy groups -OCH3 is 2. The van der Waals surface area contributed by atoms with E-state index in [1.54, 1.807) is 32.2 Å². The SMILES string of the molecule is COc1ccc(CC(=O)N(C)CCCCCO)c(OC)c1. The van der Waals surface area contributed by atoms with Gasteiger partial charge in [-0.3, -0.25) is 4.79 Å². The highest BCUT2D eigenvalue weighted by atomic mass is 16.5. The molecule has 1 rings (SSSR count). The summed E-state index contributed by atoms with van der Waals surface area (Å²) in [6.07, 6.45) is 2.93. The number of hydrogen-bond acceptors (Lipinski definition) is 4. The second kappa shape index (κ2) is 9.23. The Hall–Kier alpha value is -1.75. The van der Waals surface area contributed by atoms with Crippen LogP contribution in [0.15, 0.2) is 18.2 Å². The minimum atomic E-state index is 0.0578. The Balaban J connectivity index is 2.57. The lowest BCUT2D eigenvalue weighted by molar-refractivity contribution is -0.129. The van der Waals surface area contributed by atoms with Gasteiger partial charge in [-0.15, -0.1) is 0 Å². The van der Waals surface area contributed by atoms with Crippen LogP contribution in [0, 0.1) is 0 Å². The number of rotatable bonds is 9. The minimum Gasteiger partial charge on any atom is -0.497 e. The largest absolute Gasteiger partial charge is 0.497 e. The van der Waals surface area contributed by atoms with Gasteiger partial charge in [0, 0.05) is 31.8 Å². The van der Waals surface area contributed by atoms with Crippen LogP contribution < -0.4 is 9.47 Å². The fourth-order valence-electron chi connectivity index (χ4n) is 2.06. The van der Waals surface area contributed by atoms with Crippen molar-refractivity contribution in [2.45, 2.75) is 25.7 Å². The number of nitrogens with zero attached hydrogens (tertiary/aromatic N) is 1. The smallest absolute Gasteiger partial charge is 0.226 e. The van der Waals surface area contributed by atoms with E-state index < -0.39 is 0 Å². The Labute approximate surface area is 126 Å². The van der Waals surface area contributed by atoms with Crippen LogP contribution in [-0.2, 0) is 11.2 Å². The molecular weight excluding hydrogens is 270 g/mol. The summed E-state index contributed by atoms with van der Waals surface area (Å²) >= 11 is 0. The Morgan fingerprint density at radius 2 is 1.95 bits per heavy atom. The third-order valence-corrected chi connectivity index (χ3v) is 3.41. The van der Waals surface area contributed by atoms with Gasteiger partial charge in [-0.1, -0.05) is 6.07 Å². The van der Waals surface area contributed by atoms with Gasteiger partial charge in [0.1, 0.15) is 11.5 Å². The van der Waals surface area contributed by atoms with Crippen molar-refractivity contribution in [2.24, 2.45) is 0 Å². The van der Waals surface area contributed by atoms with Crippen molar-refractivity contribution in [3.8, 4) is 11.5 Å². The van der Waals surface area contributed by atoms with Gasteiger partial charge in [-0.2, -0.15) is 0 Å². The average molecular weight is 295 g/mol. The normalized spacial score (nSPS) is 10.3. The number of carbonyl (C=O) groups excluding carboxylic acids is 1. The summed E-state index contributed by atoms with van der Waals surface area (Å²) in [6, 6.07) is 5.46. The zero-order valence-electron chi connectivity index (χ0n) is 13.1. The average Bonchev–Trinajstić information content (AvgIpc) is 2.51. The monoisotopic (exact) mass is 295 g/mol. The molecule has 1 aromatic carbocycles. The van der Waals surface area contributed by atoms with E-state index >= 15 is 0 Å². The molecule has 118 valence electrons. The highest BCUT2D eigenvalue weighted by Gasteiger charge is 2.13. The minimum absolute atomic E-state index is 0.0578. The molecule has 0 saturated heterocycles. The zero-order valence-corrected chi connectivity index (χ0v) is 13.1. The number of ether oxygens (including phenoxy) is 2. The predicted octanol–water partition coefficient (Wildman–Crippen LogP) is 1.87. The number of aliphatic hydroxyl groups is 1. The molecule has 0 bridgehead atoms. The van der Waals surface area contributed by atoms with Crippen molar-refractivity contribution in [1.29, 1.82) is 0 Å².